The van der Waals surface area contributed by atoms with Crippen LogP contribution in [0.1, 0.15) is 20.8 Å². The van der Waals surface area contributed by atoms with Crippen molar-refractivity contribution in [1.29, 1.82) is 0 Å². The predicted molar refractivity (Wildman–Crippen MR) is 48.8 cm³/mol. The van der Waals surface area contributed by atoms with Gasteiger partial charge in [-0.1, -0.05) is 20.8 Å². The van der Waals surface area contributed by atoms with Gasteiger partial charge in [0.15, 0.2) is 0 Å². The molecule has 0 rings (SSSR count). The highest BCUT2D eigenvalue weighted by atomic mass is 16.5. The lowest BCUT2D eigenvalue weighted by atomic mass is 9.99. The topological polar surface area (TPSA) is 12.5 Å². The van der Waals surface area contributed by atoms with Gasteiger partial charge in [0, 0.05) is 6.54 Å². The van der Waals surface area contributed by atoms with E-state index < -0.39 is 0 Å². The zero-order chi connectivity index (χ0) is 8.91. The molecule has 0 amide bonds. The molecule has 0 unspecified atom stereocenters. The van der Waals surface area contributed by atoms with E-state index in [0.717, 1.165) is 19.8 Å². The summed E-state index contributed by atoms with van der Waals surface area (Å²) < 4.78 is 5.47. The minimum Gasteiger partial charge on any atom is -0.380 e. The van der Waals surface area contributed by atoms with Crippen LogP contribution < -0.4 is 0 Å². The van der Waals surface area contributed by atoms with Gasteiger partial charge in [-0.3, -0.25) is 0 Å². The lowest BCUT2D eigenvalue weighted by Gasteiger charge is -2.18. The van der Waals surface area contributed by atoms with E-state index in [2.05, 4.69) is 39.8 Å². The van der Waals surface area contributed by atoms with Crippen LogP contribution in [0.5, 0.6) is 0 Å². The molecule has 2 nitrogen and oxygen atoms in total. The van der Waals surface area contributed by atoms with Gasteiger partial charge >= 0.3 is 0 Å². The van der Waals surface area contributed by atoms with Crippen LogP contribution in [-0.2, 0) is 4.74 Å². The van der Waals surface area contributed by atoms with Crippen LogP contribution in [0.3, 0.4) is 0 Å². The first-order valence-corrected chi connectivity index (χ1v) is 4.14. The van der Waals surface area contributed by atoms with Crippen molar-refractivity contribution in [3.8, 4) is 0 Å². The molecule has 0 spiro atoms. The Kier molecular flexibility index (Phi) is 4.69. The quantitative estimate of drug-likeness (QED) is 0.578. The summed E-state index contributed by atoms with van der Waals surface area (Å²) in [7, 11) is 4.11. The Morgan fingerprint density at radius 3 is 2.09 bits per heavy atom. The summed E-state index contributed by atoms with van der Waals surface area (Å²) in [6.45, 7) is 9.25. The van der Waals surface area contributed by atoms with E-state index in [0.29, 0.717) is 5.41 Å². The zero-order valence-electron chi connectivity index (χ0n) is 8.48. The number of likely N-dealkylation sites (N-methyl/N-ethyl adjacent to an activating group) is 1. The van der Waals surface area contributed by atoms with Gasteiger partial charge in [-0.2, -0.15) is 0 Å². The normalized spacial score (nSPS) is 12.5. The smallest absolute Gasteiger partial charge is 0.0593 e. The van der Waals surface area contributed by atoms with Crippen LogP contribution in [0.15, 0.2) is 0 Å². The molecule has 0 saturated heterocycles. The lowest BCUT2D eigenvalue weighted by Crippen LogP contribution is -2.22. The lowest BCUT2D eigenvalue weighted by molar-refractivity contribution is 0.0620. The van der Waals surface area contributed by atoms with Crippen LogP contribution in [-0.4, -0.2) is 38.8 Å². The second-order valence-electron chi connectivity index (χ2n) is 4.42. The average molecular weight is 159 g/mol. The van der Waals surface area contributed by atoms with Crippen LogP contribution in [0.25, 0.3) is 0 Å². The number of hydrogen-bond donors (Lipinski definition) is 0. The summed E-state index contributed by atoms with van der Waals surface area (Å²) in [5.74, 6) is 0. The second-order valence-corrected chi connectivity index (χ2v) is 4.42. The molecular weight excluding hydrogens is 138 g/mol. The highest BCUT2D eigenvalue weighted by molar-refractivity contribution is 4.58. The SMILES string of the molecule is CN(C)CCOCC(C)(C)C. The molecule has 0 bridgehead atoms. The third-order valence-corrected chi connectivity index (χ3v) is 1.22. The van der Waals surface area contributed by atoms with E-state index >= 15 is 0 Å². The summed E-state index contributed by atoms with van der Waals surface area (Å²) in [5, 5.41) is 0. The minimum atomic E-state index is 0.298. The Morgan fingerprint density at radius 2 is 1.73 bits per heavy atom. The van der Waals surface area contributed by atoms with Gasteiger partial charge in [0.1, 0.15) is 0 Å². The van der Waals surface area contributed by atoms with Gasteiger partial charge < -0.3 is 9.64 Å². The fraction of sp³-hybridized carbons (Fsp3) is 1.00. The van der Waals surface area contributed by atoms with Crippen molar-refractivity contribution >= 4 is 0 Å². The molecule has 0 aliphatic heterocycles. The van der Waals surface area contributed by atoms with Gasteiger partial charge in [-0.25, -0.2) is 0 Å². The summed E-state index contributed by atoms with van der Waals surface area (Å²) in [5.41, 5.74) is 0.298. The molecule has 11 heavy (non-hydrogen) atoms. The van der Waals surface area contributed by atoms with Crippen molar-refractivity contribution in [3.63, 3.8) is 0 Å². The van der Waals surface area contributed by atoms with Crippen molar-refractivity contribution in [1.82, 2.24) is 4.90 Å². The largest absolute Gasteiger partial charge is 0.380 e. The van der Waals surface area contributed by atoms with Crippen molar-refractivity contribution < 1.29 is 4.74 Å². The fourth-order valence-electron chi connectivity index (χ4n) is 0.625. The Morgan fingerprint density at radius 1 is 1.18 bits per heavy atom. The first-order valence-electron chi connectivity index (χ1n) is 4.14. The van der Waals surface area contributed by atoms with E-state index in [-0.39, 0.29) is 0 Å². The molecule has 0 heterocycles. The standard InChI is InChI=1S/C9H21NO/c1-9(2,3)8-11-7-6-10(4)5/h6-8H2,1-5H3. The minimum absolute atomic E-state index is 0.298. The van der Waals surface area contributed by atoms with Crippen LogP contribution in [0, 0.1) is 5.41 Å². The molecule has 0 aliphatic rings. The summed E-state index contributed by atoms with van der Waals surface area (Å²) >= 11 is 0. The first kappa shape index (κ1) is 10.9. The highest BCUT2D eigenvalue weighted by Crippen LogP contribution is 2.12. The third kappa shape index (κ3) is 9.92. The van der Waals surface area contributed by atoms with Gasteiger partial charge in [-0.15, -0.1) is 0 Å². The van der Waals surface area contributed by atoms with Crippen molar-refractivity contribution in [3.05, 3.63) is 0 Å². The van der Waals surface area contributed by atoms with E-state index in [1.54, 1.807) is 0 Å². The maximum Gasteiger partial charge on any atom is 0.0593 e. The van der Waals surface area contributed by atoms with Crippen molar-refractivity contribution in [2.75, 3.05) is 33.9 Å². The summed E-state index contributed by atoms with van der Waals surface area (Å²) in [6, 6.07) is 0. The molecule has 0 fully saturated rings. The van der Waals surface area contributed by atoms with Gasteiger partial charge in [0.25, 0.3) is 0 Å². The Labute approximate surface area is 70.5 Å². The molecule has 0 radical (unpaired) electrons. The number of rotatable bonds is 4. The monoisotopic (exact) mass is 159 g/mol. The maximum atomic E-state index is 5.47. The molecule has 0 saturated carbocycles. The Bertz CT molecular complexity index is 94.2. The van der Waals surface area contributed by atoms with Crippen molar-refractivity contribution in [2.24, 2.45) is 5.41 Å². The Hall–Kier alpha value is -0.0800. The van der Waals surface area contributed by atoms with Gasteiger partial charge in [-0.05, 0) is 19.5 Å². The Balaban J connectivity index is 3.15. The van der Waals surface area contributed by atoms with Crippen LogP contribution in [0.2, 0.25) is 0 Å². The van der Waals surface area contributed by atoms with E-state index in [1.165, 1.54) is 0 Å². The first-order chi connectivity index (χ1) is 4.92. The summed E-state index contributed by atoms with van der Waals surface area (Å²) in [6.07, 6.45) is 0. The van der Waals surface area contributed by atoms with Gasteiger partial charge in [0.2, 0.25) is 0 Å². The van der Waals surface area contributed by atoms with E-state index in [4.69, 9.17) is 4.74 Å². The van der Waals surface area contributed by atoms with E-state index in [1.807, 2.05) is 0 Å². The average Bonchev–Trinajstić information content (AvgIpc) is 1.78. The van der Waals surface area contributed by atoms with Crippen molar-refractivity contribution in [2.45, 2.75) is 20.8 Å². The molecule has 0 aliphatic carbocycles. The molecular formula is C9H21NO. The molecule has 0 N–H and O–H groups in total. The molecule has 0 aromatic rings. The maximum absolute atomic E-state index is 5.47. The number of ether oxygens (including phenoxy) is 1. The van der Waals surface area contributed by atoms with Crippen LogP contribution >= 0.6 is 0 Å². The second kappa shape index (κ2) is 4.73. The number of hydrogen-bond acceptors (Lipinski definition) is 2. The predicted octanol–water partition coefficient (Wildman–Crippen LogP) is 1.61. The highest BCUT2D eigenvalue weighted by Gasteiger charge is 2.09. The van der Waals surface area contributed by atoms with E-state index in [9.17, 15) is 0 Å². The van der Waals surface area contributed by atoms with Crippen LogP contribution in [0.4, 0.5) is 0 Å². The third-order valence-electron chi connectivity index (χ3n) is 1.22. The molecule has 2 heteroatoms. The zero-order valence-corrected chi connectivity index (χ0v) is 8.48. The molecule has 0 aromatic heterocycles. The fourth-order valence-corrected chi connectivity index (χ4v) is 0.625. The molecule has 0 atom stereocenters. The summed E-state index contributed by atoms with van der Waals surface area (Å²) in [4.78, 5) is 2.13. The molecule has 0 aromatic carbocycles. The van der Waals surface area contributed by atoms with Gasteiger partial charge in [0.05, 0.1) is 13.2 Å². The molecule has 68 valence electrons. The number of nitrogens with zero attached hydrogens (tertiary/aromatic N) is 1.